The molecule has 0 radical (unpaired) electrons. The summed E-state index contributed by atoms with van der Waals surface area (Å²) in [5, 5.41) is 9.12. The third-order valence-corrected chi connectivity index (χ3v) is 5.77. The SMILES string of the molecule is CNC(C)c1cccc(NC(=O)NCC2(SC)CCC2)c1. The summed E-state index contributed by atoms with van der Waals surface area (Å²) < 4.78 is 0.264. The number of hydrogen-bond donors (Lipinski definition) is 3. The first-order chi connectivity index (χ1) is 10.1. The van der Waals surface area contributed by atoms with Gasteiger partial charge >= 0.3 is 6.03 Å². The van der Waals surface area contributed by atoms with Crippen LogP contribution in [0.3, 0.4) is 0 Å². The Bertz CT molecular complexity index is 483. The molecule has 1 aromatic rings. The van der Waals surface area contributed by atoms with Crippen LogP contribution in [0.25, 0.3) is 0 Å². The molecule has 1 aliphatic rings. The molecule has 1 aromatic carbocycles. The summed E-state index contributed by atoms with van der Waals surface area (Å²) in [5.41, 5.74) is 1.99. The van der Waals surface area contributed by atoms with Gasteiger partial charge in [0.05, 0.1) is 0 Å². The van der Waals surface area contributed by atoms with Crippen molar-refractivity contribution in [3.05, 3.63) is 29.8 Å². The molecule has 0 bridgehead atoms. The summed E-state index contributed by atoms with van der Waals surface area (Å²) in [5.74, 6) is 0. The maximum atomic E-state index is 12.0. The fourth-order valence-electron chi connectivity index (χ4n) is 2.49. The Morgan fingerprint density at radius 1 is 1.43 bits per heavy atom. The highest BCUT2D eigenvalue weighted by Crippen LogP contribution is 2.42. The van der Waals surface area contributed by atoms with E-state index < -0.39 is 0 Å². The average molecular weight is 307 g/mol. The first-order valence-electron chi connectivity index (χ1n) is 7.46. The van der Waals surface area contributed by atoms with Gasteiger partial charge in [0, 0.05) is 23.0 Å². The molecular formula is C16H25N3OS. The van der Waals surface area contributed by atoms with Gasteiger partial charge in [-0.15, -0.1) is 0 Å². The van der Waals surface area contributed by atoms with Gasteiger partial charge in [-0.05, 0) is 50.8 Å². The van der Waals surface area contributed by atoms with Gasteiger partial charge in [-0.2, -0.15) is 11.8 Å². The third-order valence-electron chi connectivity index (χ3n) is 4.35. The topological polar surface area (TPSA) is 53.2 Å². The Hall–Kier alpha value is -1.20. The summed E-state index contributed by atoms with van der Waals surface area (Å²) >= 11 is 1.87. The van der Waals surface area contributed by atoms with Crippen LogP contribution in [0.4, 0.5) is 10.5 Å². The normalized spacial score (nSPS) is 17.7. The van der Waals surface area contributed by atoms with Gasteiger partial charge < -0.3 is 16.0 Å². The van der Waals surface area contributed by atoms with Crippen molar-refractivity contribution in [2.24, 2.45) is 0 Å². The molecule has 21 heavy (non-hydrogen) atoms. The van der Waals surface area contributed by atoms with E-state index in [0.29, 0.717) is 0 Å². The van der Waals surface area contributed by atoms with E-state index in [0.717, 1.165) is 17.8 Å². The van der Waals surface area contributed by atoms with Crippen LogP contribution in [-0.2, 0) is 0 Å². The lowest BCUT2D eigenvalue weighted by Gasteiger charge is -2.40. The van der Waals surface area contributed by atoms with Crippen LogP contribution in [-0.4, -0.2) is 30.6 Å². The van der Waals surface area contributed by atoms with Crippen molar-refractivity contribution in [2.75, 3.05) is 25.2 Å². The second kappa shape index (κ2) is 7.18. The highest BCUT2D eigenvalue weighted by molar-refractivity contribution is 8.00. The Labute approximate surface area is 131 Å². The van der Waals surface area contributed by atoms with E-state index in [2.05, 4.69) is 35.2 Å². The molecule has 116 valence electrons. The quantitative estimate of drug-likeness (QED) is 0.755. The minimum Gasteiger partial charge on any atom is -0.336 e. The zero-order valence-electron chi connectivity index (χ0n) is 13.0. The number of rotatable bonds is 6. The zero-order chi connectivity index (χ0) is 15.3. The average Bonchev–Trinajstić information content (AvgIpc) is 2.46. The minimum atomic E-state index is -0.121. The fourth-order valence-corrected chi connectivity index (χ4v) is 3.41. The molecular weight excluding hydrogens is 282 g/mol. The lowest BCUT2D eigenvalue weighted by Crippen LogP contribution is -2.46. The van der Waals surface area contributed by atoms with Gasteiger partial charge in [0.2, 0.25) is 0 Å². The van der Waals surface area contributed by atoms with Gasteiger partial charge in [0.15, 0.2) is 0 Å². The highest BCUT2D eigenvalue weighted by Gasteiger charge is 2.36. The first-order valence-corrected chi connectivity index (χ1v) is 8.68. The fraction of sp³-hybridized carbons (Fsp3) is 0.562. The van der Waals surface area contributed by atoms with Gasteiger partial charge in [-0.3, -0.25) is 0 Å². The lowest BCUT2D eigenvalue weighted by atomic mass is 9.84. The van der Waals surface area contributed by atoms with Crippen LogP contribution in [0.2, 0.25) is 0 Å². The molecule has 3 N–H and O–H groups in total. The monoisotopic (exact) mass is 307 g/mol. The predicted molar refractivity (Wildman–Crippen MR) is 91.0 cm³/mol. The van der Waals surface area contributed by atoms with Crippen LogP contribution in [0.15, 0.2) is 24.3 Å². The number of urea groups is 1. The Morgan fingerprint density at radius 2 is 2.19 bits per heavy atom. The molecule has 2 amide bonds. The van der Waals surface area contributed by atoms with Crippen LogP contribution >= 0.6 is 11.8 Å². The van der Waals surface area contributed by atoms with E-state index >= 15 is 0 Å². The van der Waals surface area contributed by atoms with E-state index in [1.165, 1.54) is 19.3 Å². The predicted octanol–water partition coefficient (Wildman–Crippen LogP) is 3.37. The lowest BCUT2D eigenvalue weighted by molar-refractivity contribution is 0.247. The zero-order valence-corrected chi connectivity index (χ0v) is 13.8. The summed E-state index contributed by atoms with van der Waals surface area (Å²) in [6, 6.07) is 8.09. The van der Waals surface area contributed by atoms with E-state index in [9.17, 15) is 4.79 Å². The van der Waals surface area contributed by atoms with E-state index in [-0.39, 0.29) is 16.8 Å². The second-order valence-corrected chi connectivity index (χ2v) is 6.96. The van der Waals surface area contributed by atoms with Crippen molar-refractivity contribution in [3.8, 4) is 0 Å². The largest absolute Gasteiger partial charge is 0.336 e. The molecule has 1 aliphatic carbocycles. The van der Waals surface area contributed by atoms with Crippen LogP contribution in [0.1, 0.15) is 37.8 Å². The van der Waals surface area contributed by atoms with Crippen molar-refractivity contribution >= 4 is 23.5 Å². The Kier molecular flexibility index (Phi) is 5.53. The van der Waals surface area contributed by atoms with Gasteiger partial charge in [-0.25, -0.2) is 4.79 Å². The molecule has 5 heteroatoms. The molecule has 0 aromatic heterocycles. The molecule has 0 spiro atoms. The van der Waals surface area contributed by atoms with Gasteiger partial charge in [0.1, 0.15) is 0 Å². The molecule has 0 heterocycles. The van der Waals surface area contributed by atoms with Crippen molar-refractivity contribution in [3.63, 3.8) is 0 Å². The number of carbonyl (C=O) groups excluding carboxylic acids is 1. The molecule has 2 rings (SSSR count). The summed E-state index contributed by atoms with van der Waals surface area (Å²) in [6.07, 6.45) is 5.79. The van der Waals surface area contributed by atoms with Crippen LogP contribution in [0.5, 0.6) is 0 Å². The first kappa shape index (κ1) is 16.2. The number of thioether (sulfide) groups is 1. The maximum absolute atomic E-state index is 12.0. The third kappa shape index (κ3) is 4.14. The van der Waals surface area contributed by atoms with Crippen molar-refractivity contribution in [1.29, 1.82) is 0 Å². The minimum absolute atomic E-state index is 0.121. The standard InChI is InChI=1S/C16H25N3OS/c1-12(17-2)13-6-4-7-14(10-13)19-15(20)18-11-16(21-3)8-5-9-16/h4,6-7,10,12,17H,5,8-9,11H2,1-3H3,(H2,18,19,20). The number of hydrogen-bond acceptors (Lipinski definition) is 3. The molecule has 1 fully saturated rings. The van der Waals surface area contributed by atoms with Crippen LogP contribution in [0, 0.1) is 0 Å². The van der Waals surface area contributed by atoms with E-state index in [1.807, 2.05) is 37.0 Å². The summed E-state index contributed by atoms with van der Waals surface area (Å²) in [6.45, 7) is 2.84. The molecule has 4 nitrogen and oxygen atoms in total. The molecule has 1 atom stereocenters. The van der Waals surface area contributed by atoms with Gasteiger partial charge in [-0.1, -0.05) is 18.6 Å². The Morgan fingerprint density at radius 3 is 2.76 bits per heavy atom. The maximum Gasteiger partial charge on any atom is 0.319 e. The summed E-state index contributed by atoms with van der Waals surface area (Å²) in [7, 11) is 1.93. The molecule has 1 saturated carbocycles. The number of amides is 2. The van der Waals surface area contributed by atoms with Gasteiger partial charge in [0.25, 0.3) is 0 Å². The van der Waals surface area contributed by atoms with E-state index in [4.69, 9.17) is 0 Å². The number of carbonyl (C=O) groups is 1. The number of nitrogens with one attached hydrogen (secondary N) is 3. The van der Waals surface area contributed by atoms with Crippen molar-refractivity contribution in [1.82, 2.24) is 10.6 Å². The molecule has 0 saturated heterocycles. The molecule has 1 unspecified atom stereocenters. The van der Waals surface area contributed by atoms with Crippen molar-refractivity contribution in [2.45, 2.75) is 37.0 Å². The van der Waals surface area contributed by atoms with Crippen LogP contribution < -0.4 is 16.0 Å². The summed E-state index contributed by atoms with van der Waals surface area (Å²) in [4.78, 5) is 12.0. The molecule has 0 aliphatic heterocycles. The number of anilines is 1. The second-order valence-electron chi connectivity index (χ2n) is 5.68. The smallest absolute Gasteiger partial charge is 0.319 e. The van der Waals surface area contributed by atoms with E-state index in [1.54, 1.807) is 0 Å². The number of benzene rings is 1. The Balaban J connectivity index is 1.87. The highest BCUT2D eigenvalue weighted by atomic mass is 32.2. The van der Waals surface area contributed by atoms with Crippen molar-refractivity contribution < 1.29 is 4.79 Å².